The molecule has 0 aliphatic heterocycles. The third-order valence-corrected chi connectivity index (χ3v) is 3.58. The molecule has 2 aromatic carbocycles. The number of amides is 2. The van der Waals surface area contributed by atoms with Crippen molar-refractivity contribution < 1.29 is 23.7 Å². The molecule has 27 heavy (non-hydrogen) atoms. The number of halogens is 1. The molecule has 3 N–H and O–H groups in total. The molecule has 2 amide bonds. The van der Waals surface area contributed by atoms with E-state index in [9.17, 15) is 4.79 Å². The minimum absolute atomic E-state index is 0.241. The van der Waals surface area contributed by atoms with E-state index >= 15 is 0 Å². The maximum Gasteiger partial charge on any atom is 0.332 e. The van der Waals surface area contributed by atoms with Crippen LogP contribution in [0.2, 0.25) is 5.02 Å². The van der Waals surface area contributed by atoms with Gasteiger partial charge in [0, 0.05) is 0 Å². The van der Waals surface area contributed by atoms with Gasteiger partial charge in [-0.05, 0) is 29.8 Å². The van der Waals surface area contributed by atoms with Crippen molar-refractivity contribution in [2.45, 2.75) is 0 Å². The largest absolute Gasteiger partial charge is 0.493 e. The van der Waals surface area contributed by atoms with Crippen LogP contribution in [0, 0.1) is 0 Å². The summed E-state index contributed by atoms with van der Waals surface area (Å²) in [7, 11) is 3.07. The van der Waals surface area contributed by atoms with E-state index in [0.29, 0.717) is 33.6 Å². The molecule has 0 saturated carbocycles. The van der Waals surface area contributed by atoms with Crippen molar-refractivity contribution in [2.24, 2.45) is 10.8 Å². The smallest absolute Gasteiger partial charge is 0.332 e. The van der Waals surface area contributed by atoms with E-state index in [1.807, 2.05) is 18.2 Å². The number of ether oxygens (including phenoxy) is 4. The summed E-state index contributed by atoms with van der Waals surface area (Å²) >= 11 is 6.26. The van der Waals surface area contributed by atoms with Gasteiger partial charge in [-0.1, -0.05) is 23.7 Å². The van der Waals surface area contributed by atoms with Crippen LogP contribution in [0.4, 0.5) is 4.79 Å². The monoisotopic (exact) mass is 393 g/mol. The summed E-state index contributed by atoms with van der Waals surface area (Å²) < 4.78 is 21.9. The standard InChI is InChI=1S/C18H20ClN3O5/c1-24-14-5-3-4-6-15(14)26-7-8-27-17-13(19)9-12(10-16(17)25-2)11-21-22-18(20)23/h3-6,9-11H,7-8H2,1-2H3,(H3,20,22,23). The molecule has 0 saturated heterocycles. The SMILES string of the molecule is COc1ccccc1OCCOc1c(Cl)cc(C=NNC(N)=O)cc1OC. The number of nitrogens with zero attached hydrogens (tertiary/aromatic N) is 1. The Labute approximate surface area is 161 Å². The number of hydrogen-bond acceptors (Lipinski definition) is 6. The van der Waals surface area contributed by atoms with Gasteiger partial charge in [-0.3, -0.25) is 0 Å². The summed E-state index contributed by atoms with van der Waals surface area (Å²) in [5, 5.41) is 4.00. The summed E-state index contributed by atoms with van der Waals surface area (Å²) in [4.78, 5) is 10.6. The number of hydrazone groups is 1. The second-order valence-corrected chi connectivity index (χ2v) is 5.52. The predicted molar refractivity (Wildman–Crippen MR) is 102 cm³/mol. The molecular formula is C18H20ClN3O5. The van der Waals surface area contributed by atoms with Crippen LogP contribution >= 0.6 is 11.6 Å². The number of hydrogen-bond donors (Lipinski definition) is 2. The molecule has 0 atom stereocenters. The summed E-state index contributed by atoms with van der Waals surface area (Å²) in [6, 6.07) is 9.84. The number of primary amides is 1. The van der Waals surface area contributed by atoms with E-state index in [1.54, 1.807) is 25.3 Å². The third-order valence-electron chi connectivity index (χ3n) is 3.30. The van der Waals surface area contributed by atoms with Gasteiger partial charge in [-0.2, -0.15) is 5.10 Å². The number of carbonyl (C=O) groups is 1. The molecule has 0 heterocycles. The molecule has 2 rings (SSSR count). The summed E-state index contributed by atoms with van der Waals surface area (Å²) in [6.45, 7) is 0.524. The number of benzene rings is 2. The molecule has 0 bridgehead atoms. The maximum atomic E-state index is 10.6. The average Bonchev–Trinajstić information content (AvgIpc) is 2.66. The second-order valence-electron chi connectivity index (χ2n) is 5.12. The summed E-state index contributed by atoms with van der Waals surface area (Å²) in [5.41, 5.74) is 7.64. The number of methoxy groups -OCH3 is 2. The highest BCUT2D eigenvalue weighted by atomic mass is 35.5. The van der Waals surface area contributed by atoms with Gasteiger partial charge in [0.25, 0.3) is 0 Å². The highest BCUT2D eigenvalue weighted by Gasteiger charge is 2.12. The lowest BCUT2D eigenvalue weighted by Gasteiger charge is -2.14. The van der Waals surface area contributed by atoms with Gasteiger partial charge in [-0.15, -0.1) is 0 Å². The molecule has 0 radical (unpaired) electrons. The van der Waals surface area contributed by atoms with Gasteiger partial charge >= 0.3 is 6.03 Å². The van der Waals surface area contributed by atoms with Gasteiger partial charge in [0.05, 0.1) is 25.5 Å². The molecule has 0 aliphatic rings. The van der Waals surface area contributed by atoms with Crippen LogP contribution in [-0.4, -0.2) is 39.7 Å². The van der Waals surface area contributed by atoms with Crippen LogP contribution in [0.15, 0.2) is 41.5 Å². The number of rotatable bonds is 9. The fourth-order valence-electron chi connectivity index (χ4n) is 2.16. The van der Waals surface area contributed by atoms with Gasteiger partial charge in [0.15, 0.2) is 23.0 Å². The highest BCUT2D eigenvalue weighted by molar-refractivity contribution is 6.32. The zero-order valence-corrected chi connectivity index (χ0v) is 15.7. The summed E-state index contributed by atoms with van der Waals surface area (Å²) in [6.07, 6.45) is 1.38. The Morgan fingerprint density at radius 3 is 2.44 bits per heavy atom. The van der Waals surface area contributed by atoms with Crippen molar-refractivity contribution in [1.29, 1.82) is 0 Å². The zero-order chi connectivity index (χ0) is 19.6. The first kappa shape index (κ1) is 20.2. The van der Waals surface area contributed by atoms with Crippen molar-refractivity contribution in [3.8, 4) is 23.0 Å². The number of nitrogens with two attached hydrogens (primary N) is 1. The Morgan fingerprint density at radius 2 is 1.78 bits per heavy atom. The normalized spacial score (nSPS) is 10.5. The van der Waals surface area contributed by atoms with Gasteiger partial charge in [-0.25, -0.2) is 10.2 Å². The molecule has 0 aromatic heterocycles. The van der Waals surface area contributed by atoms with Crippen LogP contribution in [0.1, 0.15) is 5.56 Å². The molecule has 0 aliphatic carbocycles. The van der Waals surface area contributed by atoms with E-state index in [-0.39, 0.29) is 13.2 Å². The highest BCUT2D eigenvalue weighted by Crippen LogP contribution is 2.36. The Hall–Kier alpha value is -3.13. The fourth-order valence-corrected chi connectivity index (χ4v) is 2.43. The van der Waals surface area contributed by atoms with Crippen molar-refractivity contribution in [2.75, 3.05) is 27.4 Å². The first-order chi connectivity index (χ1) is 13.0. The van der Waals surface area contributed by atoms with E-state index in [2.05, 4.69) is 10.5 Å². The third kappa shape index (κ3) is 5.96. The zero-order valence-electron chi connectivity index (χ0n) is 14.9. The Kier molecular flexibility index (Phi) is 7.57. The second kappa shape index (κ2) is 10.1. The minimum atomic E-state index is -0.765. The van der Waals surface area contributed by atoms with E-state index in [4.69, 9.17) is 36.3 Å². The van der Waals surface area contributed by atoms with Crippen molar-refractivity contribution in [3.05, 3.63) is 47.0 Å². The Morgan fingerprint density at radius 1 is 1.11 bits per heavy atom. The van der Waals surface area contributed by atoms with Crippen LogP contribution in [-0.2, 0) is 0 Å². The molecular weight excluding hydrogens is 374 g/mol. The number of para-hydroxylation sites is 2. The van der Waals surface area contributed by atoms with Gasteiger partial charge in [0.2, 0.25) is 0 Å². The van der Waals surface area contributed by atoms with Crippen LogP contribution in [0.3, 0.4) is 0 Å². The molecule has 0 spiro atoms. The first-order valence-electron chi connectivity index (χ1n) is 7.89. The first-order valence-corrected chi connectivity index (χ1v) is 8.27. The number of nitrogens with one attached hydrogen (secondary N) is 1. The maximum absolute atomic E-state index is 10.6. The van der Waals surface area contributed by atoms with Crippen LogP contribution in [0.25, 0.3) is 0 Å². The molecule has 0 unspecified atom stereocenters. The van der Waals surface area contributed by atoms with Gasteiger partial charge < -0.3 is 24.7 Å². The predicted octanol–water partition coefficient (Wildman–Crippen LogP) is 2.82. The molecule has 2 aromatic rings. The average molecular weight is 394 g/mol. The van der Waals surface area contributed by atoms with E-state index in [0.717, 1.165) is 0 Å². The number of urea groups is 1. The van der Waals surface area contributed by atoms with Crippen LogP contribution < -0.4 is 30.1 Å². The van der Waals surface area contributed by atoms with Crippen LogP contribution in [0.5, 0.6) is 23.0 Å². The van der Waals surface area contributed by atoms with Crippen molar-refractivity contribution >= 4 is 23.8 Å². The molecule has 9 heteroatoms. The summed E-state index contributed by atoms with van der Waals surface area (Å²) in [5.74, 6) is 2.06. The lowest BCUT2D eigenvalue weighted by atomic mass is 10.2. The quantitative estimate of drug-likeness (QED) is 0.387. The lowest BCUT2D eigenvalue weighted by molar-refractivity contribution is 0.206. The molecule has 144 valence electrons. The van der Waals surface area contributed by atoms with E-state index < -0.39 is 6.03 Å². The number of carbonyl (C=O) groups excluding carboxylic acids is 1. The molecule has 0 fully saturated rings. The van der Waals surface area contributed by atoms with Crippen molar-refractivity contribution in [3.63, 3.8) is 0 Å². The Bertz CT molecular complexity index is 814. The fraction of sp³-hybridized carbons (Fsp3) is 0.222. The molecule has 8 nitrogen and oxygen atoms in total. The minimum Gasteiger partial charge on any atom is -0.493 e. The van der Waals surface area contributed by atoms with Crippen molar-refractivity contribution in [1.82, 2.24) is 5.43 Å². The topological polar surface area (TPSA) is 104 Å². The van der Waals surface area contributed by atoms with Gasteiger partial charge in [0.1, 0.15) is 13.2 Å². The lowest BCUT2D eigenvalue weighted by Crippen LogP contribution is -2.24. The van der Waals surface area contributed by atoms with E-state index in [1.165, 1.54) is 13.3 Å². The Balaban J connectivity index is 1.99.